The fourth-order valence-corrected chi connectivity index (χ4v) is 3.60. The minimum atomic E-state index is -0.210. The summed E-state index contributed by atoms with van der Waals surface area (Å²) in [5, 5.41) is 5.77. The van der Waals surface area contributed by atoms with Crippen LogP contribution in [0.3, 0.4) is 0 Å². The average Bonchev–Trinajstić information content (AvgIpc) is 3.49. The van der Waals surface area contributed by atoms with Crippen molar-refractivity contribution in [3.8, 4) is 11.5 Å². The van der Waals surface area contributed by atoms with E-state index in [0.29, 0.717) is 18.0 Å². The van der Waals surface area contributed by atoms with Gasteiger partial charge in [0.2, 0.25) is 5.91 Å². The first-order valence-corrected chi connectivity index (χ1v) is 10.7. The molecule has 2 N–H and O–H groups in total. The Labute approximate surface area is 177 Å². The third-order valence-electron chi connectivity index (χ3n) is 5.46. The summed E-state index contributed by atoms with van der Waals surface area (Å²) >= 11 is 0. The molecule has 2 aliphatic carbocycles. The molecule has 0 spiro atoms. The van der Waals surface area contributed by atoms with Gasteiger partial charge in [-0.15, -0.1) is 0 Å². The first-order valence-electron chi connectivity index (χ1n) is 10.7. The van der Waals surface area contributed by atoms with Gasteiger partial charge in [-0.05, 0) is 56.7 Å². The Kier molecular flexibility index (Phi) is 6.52. The van der Waals surface area contributed by atoms with Gasteiger partial charge in [0.1, 0.15) is 11.5 Å². The van der Waals surface area contributed by atoms with Crippen LogP contribution in [-0.2, 0) is 16.1 Å². The minimum Gasteiger partial charge on any atom is -0.490 e. The Morgan fingerprint density at radius 3 is 2.57 bits per heavy atom. The Hall–Kier alpha value is -3.02. The van der Waals surface area contributed by atoms with E-state index in [-0.39, 0.29) is 30.4 Å². The van der Waals surface area contributed by atoms with Gasteiger partial charge < -0.3 is 20.1 Å². The molecule has 2 saturated carbocycles. The van der Waals surface area contributed by atoms with Gasteiger partial charge >= 0.3 is 0 Å². The summed E-state index contributed by atoms with van der Waals surface area (Å²) in [7, 11) is 0. The summed E-state index contributed by atoms with van der Waals surface area (Å²) in [6, 6.07) is 14.9. The van der Waals surface area contributed by atoms with Gasteiger partial charge in [-0.3, -0.25) is 9.59 Å². The van der Waals surface area contributed by atoms with Crippen LogP contribution in [0.1, 0.15) is 44.1 Å². The minimum absolute atomic E-state index is 0.0448. The lowest BCUT2D eigenvalue weighted by Crippen LogP contribution is -2.28. The van der Waals surface area contributed by atoms with Gasteiger partial charge in [0.05, 0.1) is 6.10 Å². The largest absolute Gasteiger partial charge is 0.490 e. The van der Waals surface area contributed by atoms with E-state index in [1.54, 1.807) is 18.2 Å². The second-order valence-corrected chi connectivity index (χ2v) is 7.99. The molecule has 2 aromatic carbocycles. The fraction of sp³-hybridized carbons (Fsp3) is 0.417. The Morgan fingerprint density at radius 1 is 0.967 bits per heavy atom. The highest BCUT2D eigenvalue weighted by Gasteiger charge is 2.29. The first kappa shape index (κ1) is 20.3. The van der Waals surface area contributed by atoms with E-state index in [4.69, 9.17) is 9.47 Å². The van der Waals surface area contributed by atoms with Crippen molar-refractivity contribution in [1.29, 1.82) is 0 Å². The monoisotopic (exact) mass is 408 g/mol. The second-order valence-electron chi connectivity index (χ2n) is 7.99. The Balaban J connectivity index is 1.25. The van der Waals surface area contributed by atoms with Gasteiger partial charge in [-0.25, -0.2) is 0 Å². The number of ether oxygens (including phenoxy) is 2. The number of benzene rings is 2. The molecule has 0 aliphatic heterocycles. The van der Waals surface area contributed by atoms with Gasteiger partial charge in [-0.2, -0.15) is 0 Å². The molecule has 0 unspecified atom stereocenters. The molecule has 2 fully saturated rings. The van der Waals surface area contributed by atoms with E-state index < -0.39 is 0 Å². The molecule has 0 atom stereocenters. The van der Waals surface area contributed by atoms with Crippen LogP contribution in [0, 0.1) is 5.92 Å². The topological polar surface area (TPSA) is 76.7 Å². The summed E-state index contributed by atoms with van der Waals surface area (Å²) < 4.78 is 11.7. The molecule has 0 radical (unpaired) electrons. The smallest absolute Gasteiger partial charge is 0.258 e. The van der Waals surface area contributed by atoms with Gasteiger partial charge in [0.15, 0.2) is 6.61 Å². The van der Waals surface area contributed by atoms with E-state index in [1.807, 2.05) is 30.3 Å². The molecular formula is C24H28N2O4. The molecule has 4 rings (SSSR count). The van der Waals surface area contributed by atoms with Crippen molar-refractivity contribution in [1.82, 2.24) is 5.32 Å². The zero-order chi connectivity index (χ0) is 20.8. The predicted molar refractivity (Wildman–Crippen MR) is 114 cm³/mol. The standard InChI is InChI=1S/C24H28N2O4/c27-23(16-29-21-10-5-7-19(14-21)26-24(28)17-12-13-17)25-15-18-6-1-4-11-22(18)30-20-8-2-3-9-20/h1,4-7,10-11,14,17,20H,2-3,8-9,12-13,15-16H2,(H,25,27)(H,26,28). The fourth-order valence-electron chi connectivity index (χ4n) is 3.60. The number of rotatable bonds is 9. The maximum atomic E-state index is 12.3. The predicted octanol–water partition coefficient (Wildman–Crippen LogP) is 4.05. The lowest BCUT2D eigenvalue weighted by molar-refractivity contribution is -0.123. The van der Waals surface area contributed by atoms with Crippen molar-refractivity contribution in [2.24, 2.45) is 5.92 Å². The van der Waals surface area contributed by atoms with Crippen molar-refractivity contribution >= 4 is 17.5 Å². The van der Waals surface area contributed by atoms with Crippen molar-refractivity contribution in [2.45, 2.75) is 51.2 Å². The summed E-state index contributed by atoms with van der Waals surface area (Å²) in [6.07, 6.45) is 6.80. The van der Waals surface area contributed by atoms with E-state index in [0.717, 1.165) is 37.0 Å². The van der Waals surface area contributed by atoms with Gasteiger partial charge in [0, 0.05) is 29.8 Å². The van der Waals surface area contributed by atoms with Crippen LogP contribution in [0.15, 0.2) is 48.5 Å². The van der Waals surface area contributed by atoms with Crippen molar-refractivity contribution < 1.29 is 19.1 Å². The van der Waals surface area contributed by atoms with Crippen LogP contribution < -0.4 is 20.1 Å². The van der Waals surface area contributed by atoms with Crippen LogP contribution in [0.5, 0.6) is 11.5 Å². The van der Waals surface area contributed by atoms with E-state index >= 15 is 0 Å². The van der Waals surface area contributed by atoms with Crippen LogP contribution in [0.25, 0.3) is 0 Å². The molecule has 158 valence electrons. The summed E-state index contributed by atoms with van der Waals surface area (Å²) in [4.78, 5) is 24.1. The lowest BCUT2D eigenvalue weighted by atomic mass is 10.2. The maximum Gasteiger partial charge on any atom is 0.258 e. The number of carbonyl (C=O) groups is 2. The zero-order valence-corrected chi connectivity index (χ0v) is 17.1. The van der Waals surface area contributed by atoms with Gasteiger partial charge in [-0.1, -0.05) is 24.3 Å². The molecule has 2 amide bonds. The third kappa shape index (κ3) is 5.75. The van der Waals surface area contributed by atoms with Crippen LogP contribution in [-0.4, -0.2) is 24.5 Å². The number of para-hydroxylation sites is 1. The summed E-state index contributed by atoms with van der Waals surface area (Å²) in [5.74, 6) is 1.36. The van der Waals surface area contributed by atoms with Crippen LogP contribution >= 0.6 is 0 Å². The van der Waals surface area contributed by atoms with Crippen molar-refractivity contribution in [3.05, 3.63) is 54.1 Å². The molecule has 0 aromatic heterocycles. The number of carbonyl (C=O) groups excluding carboxylic acids is 2. The highest BCUT2D eigenvalue weighted by atomic mass is 16.5. The molecule has 2 aliphatic rings. The highest BCUT2D eigenvalue weighted by Crippen LogP contribution is 2.30. The molecule has 0 saturated heterocycles. The highest BCUT2D eigenvalue weighted by molar-refractivity contribution is 5.94. The van der Waals surface area contributed by atoms with E-state index in [9.17, 15) is 9.59 Å². The SMILES string of the molecule is O=C(COc1cccc(NC(=O)C2CC2)c1)NCc1ccccc1OC1CCCC1. The van der Waals surface area contributed by atoms with Crippen LogP contribution in [0.4, 0.5) is 5.69 Å². The van der Waals surface area contributed by atoms with Crippen LogP contribution in [0.2, 0.25) is 0 Å². The quantitative estimate of drug-likeness (QED) is 0.656. The molecule has 0 heterocycles. The average molecular weight is 408 g/mol. The van der Waals surface area contributed by atoms with Crippen molar-refractivity contribution in [3.63, 3.8) is 0 Å². The number of hydrogen-bond donors (Lipinski definition) is 2. The van der Waals surface area contributed by atoms with E-state index in [1.165, 1.54) is 12.8 Å². The first-order chi connectivity index (χ1) is 14.7. The third-order valence-corrected chi connectivity index (χ3v) is 5.46. The molecule has 6 heteroatoms. The summed E-state index contributed by atoms with van der Waals surface area (Å²) in [6.45, 7) is 0.300. The molecule has 6 nitrogen and oxygen atoms in total. The second kappa shape index (κ2) is 9.65. The Bertz CT molecular complexity index is 888. The molecule has 0 bridgehead atoms. The molecule has 30 heavy (non-hydrogen) atoms. The number of amides is 2. The molecular weight excluding hydrogens is 380 g/mol. The maximum absolute atomic E-state index is 12.3. The number of hydrogen-bond acceptors (Lipinski definition) is 4. The number of nitrogens with one attached hydrogen (secondary N) is 2. The summed E-state index contributed by atoms with van der Waals surface area (Å²) in [5.41, 5.74) is 1.64. The van der Waals surface area contributed by atoms with Crippen molar-refractivity contribution in [2.75, 3.05) is 11.9 Å². The zero-order valence-electron chi connectivity index (χ0n) is 17.1. The molecule has 2 aromatic rings. The normalized spacial score (nSPS) is 16.1. The lowest BCUT2D eigenvalue weighted by Gasteiger charge is -2.17. The van der Waals surface area contributed by atoms with Gasteiger partial charge in [0.25, 0.3) is 5.91 Å². The number of anilines is 1. The van der Waals surface area contributed by atoms with E-state index in [2.05, 4.69) is 10.6 Å². The Morgan fingerprint density at radius 2 is 1.77 bits per heavy atom.